The van der Waals surface area contributed by atoms with Gasteiger partial charge in [0.25, 0.3) is 11.1 Å². The predicted molar refractivity (Wildman–Crippen MR) is 131 cm³/mol. The van der Waals surface area contributed by atoms with E-state index in [-0.39, 0.29) is 21.8 Å². The average Bonchev–Trinajstić information content (AvgIpc) is 2.79. The first-order chi connectivity index (χ1) is 14.9. The van der Waals surface area contributed by atoms with E-state index in [1.165, 1.54) is 0 Å². The van der Waals surface area contributed by atoms with Gasteiger partial charge in [-0.25, -0.2) is 0 Å². The molecule has 8 heteroatoms. The van der Waals surface area contributed by atoms with Crippen LogP contribution in [0.3, 0.4) is 0 Å². The molecule has 0 aliphatic heterocycles. The summed E-state index contributed by atoms with van der Waals surface area (Å²) in [6.45, 7) is 0.832. The third kappa shape index (κ3) is 6.84. The molecule has 0 saturated heterocycles. The number of amides is 1. The Bertz CT molecular complexity index is 1010. The van der Waals surface area contributed by atoms with Crippen molar-refractivity contribution in [3.05, 3.63) is 99.0 Å². The number of carbonyl (C=O) groups excluding carboxylic acids is 1. The zero-order valence-corrected chi connectivity index (χ0v) is 19.4. The molecule has 0 heterocycles. The molecule has 31 heavy (non-hydrogen) atoms. The average molecular weight is 494 g/mol. The largest absolute Gasteiger partial charge is 0.461 e. The van der Waals surface area contributed by atoms with Crippen LogP contribution in [-0.2, 0) is 22.6 Å². The number of hydrogen-bond acceptors (Lipinski definition) is 3. The lowest BCUT2D eigenvalue weighted by Crippen LogP contribution is -2.33. The van der Waals surface area contributed by atoms with Crippen LogP contribution in [0.4, 0.5) is 5.69 Å². The van der Waals surface area contributed by atoms with Crippen LogP contribution in [0.5, 0.6) is 0 Å². The van der Waals surface area contributed by atoms with Crippen LogP contribution in [0.1, 0.15) is 11.1 Å². The monoisotopic (exact) mass is 492 g/mol. The van der Waals surface area contributed by atoms with E-state index in [1.54, 1.807) is 12.1 Å². The fraction of sp³-hybridized carbons (Fsp3) is 0.130. The Kier molecular flexibility index (Phi) is 8.55. The molecule has 0 atom stereocenters. The number of halogens is 3. The van der Waals surface area contributed by atoms with Crippen molar-refractivity contribution in [1.29, 1.82) is 0 Å². The maximum absolute atomic E-state index is 12.4. The molecule has 0 radical (unpaired) electrons. The van der Waals surface area contributed by atoms with Gasteiger partial charge in [-0.15, -0.1) is 0 Å². The van der Waals surface area contributed by atoms with Crippen molar-refractivity contribution in [2.45, 2.75) is 13.1 Å². The highest BCUT2D eigenvalue weighted by Gasteiger charge is 2.16. The Balaban J connectivity index is 1.64. The summed E-state index contributed by atoms with van der Waals surface area (Å²) < 4.78 is 5.62. The van der Waals surface area contributed by atoms with Gasteiger partial charge in [0.1, 0.15) is 0 Å². The first kappa shape index (κ1) is 23.4. The van der Waals surface area contributed by atoms with E-state index in [0.717, 1.165) is 11.1 Å². The summed E-state index contributed by atoms with van der Waals surface area (Å²) in [6, 6.07) is 23.0. The Morgan fingerprint density at radius 3 is 1.94 bits per heavy atom. The van der Waals surface area contributed by atoms with E-state index in [9.17, 15) is 4.79 Å². The van der Waals surface area contributed by atoms with Gasteiger partial charge >= 0.3 is 0 Å². The molecule has 1 amide bonds. The Hall–Kier alpha value is -2.31. The molecule has 3 aromatic carbocycles. The highest BCUT2D eigenvalue weighted by molar-refractivity contribution is 7.80. The summed E-state index contributed by atoms with van der Waals surface area (Å²) in [4.78, 5) is 14.3. The molecule has 0 bridgehead atoms. The fourth-order valence-electron chi connectivity index (χ4n) is 2.82. The van der Waals surface area contributed by atoms with Crippen molar-refractivity contribution in [3.8, 4) is 0 Å². The molecule has 0 aliphatic rings. The lowest BCUT2D eigenvalue weighted by molar-refractivity contribution is -0.118. The van der Waals surface area contributed by atoms with Gasteiger partial charge in [0.15, 0.2) is 6.61 Å². The molecule has 1 N–H and O–H groups in total. The summed E-state index contributed by atoms with van der Waals surface area (Å²) in [5.41, 5.74) is 2.51. The molecule has 3 aromatic rings. The smallest absolute Gasteiger partial charge is 0.262 e. The molecular formula is C23H19Cl3N2O2S. The molecule has 0 aliphatic carbocycles. The minimum absolute atomic E-state index is 0.167. The molecule has 0 saturated carbocycles. The predicted octanol–water partition coefficient (Wildman–Crippen LogP) is 6.59. The SMILES string of the molecule is O=C(COC(=S)N(Cc1ccccc1)Cc1ccccc1)Nc1ccc(Cl)c(Cl)c1Cl. The second-order valence-corrected chi connectivity index (χ2v) is 8.17. The molecule has 0 unspecified atom stereocenters. The van der Waals surface area contributed by atoms with E-state index >= 15 is 0 Å². The van der Waals surface area contributed by atoms with Crippen molar-refractivity contribution in [2.75, 3.05) is 11.9 Å². The first-order valence-corrected chi connectivity index (χ1v) is 10.9. The number of anilines is 1. The van der Waals surface area contributed by atoms with Crippen LogP contribution in [0.25, 0.3) is 0 Å². The lowest BCUT2D eigenvalue weighted by atomic mass is 10.2. The van der Waals surface area contributed by atoms with Gasteiger partial charge < -0.3 is 15.0 Å². The third-order valence-corrected chi connectivity index (χ3v) is 6.00. The second kappa shape index (κ2) is 11.3. The van der Waals surface area contributed by atoms with E-state index in [0.29, 0.717) is 23.8 Å². The Morgan fingerprint density at radius 1 is 0.839 bits per heavy atom. The third-order valence-electron chi connectivity index (χ3n) is 4.33. The number of thiocarbonyl (C=S) groups is 1. The zero-order valence-electron chi connectivity index (χ0n) is 16.4. The van der Waals surface area contributed by atoms with Crippen molar-refractivity contribution in [3.63, 3.8) is 0 Å². The topological polar surface area (TPSA) is 41.6 Å². The first-order valence-electron chi connectivity index (χ1n) is 9.37. The number of nitrogens with one attached hydrogen (secondary N) is 1. The number of hydrogen-bond donors (Lipinski definition) is 1. The molecular weight excluding hydrogens is 475 g/mol. The standard InChI is InChI=1S/C23H19Cl3N2O2S/c24-18-11-12-19(22(26)21(18)25)27-20(29)15-30-23(31)28(13-16-7-3-1-4-8-16)14-17-9-5-2-6-10-17/h1-12H,13-15H2,(H,27,29). The van der Waals surface area contributed by atoms with Gasteiger partial charge in [0.05, 0.1) is 20.8 Å². The van der Waals surface area contributed by atoms with Crippen LogP contribution < -0.4 is 5.32 Å². The highest BCUT2D eigenvalue weighted by Crippen LogP contribution is 2.35. The maximum atomic E-state index is 12.4. The summed E-state index contributed by atoms with van der Waals surface area (Å²) in [7, 11) is 0. The molecule has 160 valence electrons. The van der Waals surface area contributed by atoms with Crippen LogP contribution in [0, 0.1) is 0 Å². The molecule has 0 aromatic heterocycles. The summed E-state index contributed by atoms with van der Waals surface area (Å²) in [5.74, 6) is -0.415. The number of rotatable bonds is 7. The van der Waals surface area contributed by atoms with Gasteiger partial charge in [0, 0.05) is 13.1 Å². The van der Waals surface area contributed by atoms with Gasteiger partial charge in [0.2, 0.25) is 0 Å². The minimum atomic E-state index is -0.415. The van der Waals surface area contributed by atoms with Gasteiger partial charge in [-0.2, -0.15) is 0 Å². The lowest BCUT2D eigenvalue weighted by Gasteiger charge is -2.25. The molecule has 0 spiro atoms. The number of benzene rings is 3. The zero-order chi connectivity index (χ0) is 22.2. The summed E-state index contributed by atoms with van der Waals surface area (Å²) in [5, 5.41) is 3.53. The Morgan fingerprint density at radius 2 is 1.39 bits per heavy atom. The molecule has 0 fully saturated rings. The van der Waals surface area contributed by atoms with E-state index in [2.05, 4.69) is 5.32 Å². The number of carbonyl (C=O) groups is 1. The van der Waals surface area contributed by atoms with E-state index in [1.807, 2.05) is 65.6 Å². The second-order valence-electron chi connectivity index (χ2n) is 6.65. The van der Waals surface area contributed by atoms with Crippen molar-refractivity contribution in [1.82, 2.24) is 4.90 Å². The van der Waals surface area contributed by atoms with Crippen molar-refractivity contribution < 1.29 is 9.53 Å². The number of ether oxygens (including phenoxy) is 1. The summed E-state index contributed by atoms with van der Waals surface area (Å²) >= 11 is 23.5. The van der Waals surface area contributed by atoms with Crippen LogP contribution in [-0.4, -0.2) is 22.6 Å². The fourth-order valence-corrected chi connectivity index (χ4v) is 3.59. The van der Waals surface area contributed by atoms with Gasteiger partial charge in [-0.3, -0.25) is 4.79 Å². The van der Waals surface area contributed by atoms with Crippen LogP contribution in [0.2, 0.25) is 15.1 Å². The van der Waals surface area contributed by atoms with Crippen LogP contribution >= 0.6 is 47.0 Å². The van der Waals surface area contributed by atoms with Gasteiger partial charge in [-0.1, -0.05) is 95.5 Å². The normalized spacial score (nSPS) is 10.4. The quantitative estimate of drug-likeness (QED) is 0.298. The van der Waals surface area contributed by atoms with Crippen LogP contribution in [0.15, 0.2) is 72.8 Å². The highest BCUT2D eigenvalue weighted by atomic mass is 35.5. The number of nitrogens with zero attached hydrogens (tertiary/aromatic N) is 1. The van der Waals surface area contributed by atoms with Crippen molar-refractivity contribution >= 4 is 63.8 Å². The molecule has 4 nitrogen and oxygen atoms in total. The Labute approximate surface area is 201 Å². The minimum Gasteiger partial charge on any atom is -0.461 e. The van der Waals surface area contributed by atoms with Crippen molar-refractivity contribution in [2.24, 2.45) is 0 Å². The summed E-state index contributed by atoms with van der Waals surface area (Å²) in [6.07, 6.45) is 0. The van der Waals surface area contributed by atoms with Gasteiger partial charge in [-0.05, 0) is 35.5 Å². The maximum Gasteiger partial charge on any atom is 0.262 e. The van der Waals surface area contributed by atoms with E-state index in [4.69, 9.17) is 51.8 Å². The van der Waals surface area contributed by atoms with E-state index < -0.39 is 5.91 Å². The molecule has 3 rings (SSSR count).